The van der Waals surface area contributed by atoms with Gasteiger partial charge in [-0.05, 0) is 11.6 Å². The van der Waals surface area contributed by atoms with Crippen molar-refractivity contribution in [2.75, 3.05) is 13.1 Å². The molecule has 0 bridgehead atoms. The lowest BCUT2D eigenvalue weighted by Gasteiger charge is -2.20. The lowest BCUT2D eigenvalue weighted by molar-refractivity contribution is -0.130. The van der Waals surface area contributed by atoms with Crippen LogP contribution in [0.25, 0.3) is 0 Å². The number of nitrogens with zero attached hydrogens (tertiary/aromatic N) is 5. The van der Waals surface area contributed by atoms with E-state index in [1.54, 1.807) is 0 Å². The Bertz CT molecular complexity index is 670. The van der Waals surface area contributed by atoms with E-state index in [0.717, 1.165) is 43.3 Å². The van der Waals surface area contributed by atoms with Gasteiger partial charge in [0.15, 0.2) is 0 Å². The molecule has 1 amide bonds. The molecule has 6 heteroatoms. The molecule has 3 heterocycles. The van der Waals surface area contributed by atoms with Crippen LogP contribution < -0.4 is 0 Å². The summed E-state index contributed by atoms with van der Waals surface area (Å²) < 4.78 is 4.15. The summed E-state index contributed by atoms with van der Waals surface area (Å²) in [6, 6.07) is 2.00. The van der Waals surface area contributed by atoms with E-state index < -0.39 is 0 Å². The van der Waals surface area contributed by atoms with Gasteiger partial charge in [0.25, 0.3) is 0 Å². The predicted octanol–water partition coefficient (Wildman–Crippen LogP) is 1.37. The minimum atomic E-state index is 0.191. The Balaban J connectivity index is 1.67. The van der Waals surface area contributed by atoms with E-state index in [2.05, 4.69) is 28.6 Å². The number of aromatic nitrogens is 4. The van der Waals surface area contributed by atoms with Crippen LogP contribution in [0.15, 0.2) is 18.5 Å². The number of carbonyl (C=O) groups is 1. The van der Waals surface area contributed by atoms with Gasteiger partial charge in [-0.3, -0.25) is 4.79 Å². The number of aryl methyl sites for hydroxylation is 1. The van der Waals surface area contributed by atoms with Crippen molar-refractivity contribution in [1.29, 1.82) is 0 Å². The quantitative estimate of drug-likeness (QED) is 0.860. The molecule has 0 fully saturated rings. The van der Waals surface area contributed by atoms with E-state index in [4.69, 9.17) is 0 Å². The molecule has 0 unspecified atom stereocenters. The number of hydrogen-bond acceptors (Lipinski definition) is 3. The Labute approximate surface area is 130 Å². The highest BCUT2D eigenvalue weighted by atomic mass is 16.2. The number of fused-ring (bicyclic) bond motifs is 1. The Morgan fingerprint density at radius 3 is 2.77 bits per heavy atom. The lowest BCUT2D eigenvalue weighted by Crippen LogP contribution is -2.34. The zero-order valence-corrected chi connectivity index (χ0v) is 13.5. The lowest BCUT2D eigenvalue weighted by atomic mass is 10.2. The largest absolute Gasteiger partial charge is 0.357 e. The maximum absolute atomic E-state index is 12.5. The number of hydrogen-bond donors (Lipinski definition) is 0. The topological polar surface area (TPSA) is 56.0 Å². The van der Waals surface area contributed by atoms with Crippen molar-refractivity contribution in [2.45, 2.75) is 39.2 Å². The molecular formula is C16H23N5O. The molecule has 2 aromatic heterocycles. The Morgan fingerprint density at radius 1 is 1.27 bits per heavy atom. The monoisotopic (exact) mass is 301 g/mol. The van der Waals surface area contributed by atoms with Crippen LogP contribution in [0.2, 0.25) is 0 Å². The minimum Gasteiger partial charge on any atom is -0.357 e. The molecule has 0 N–H and O–H groups in total. The first-order valence-corrected chi connectivity index (χ1v) is 7.85. The summed E-state index contributed by atoms with van der Waals surface area (Å²) in [7, 11) is 1.97. The highest BCUT2D eigenvalue weighted by molar-refractivity contribution is 5.78. The molecule has 2 aromatic rings. The fraction of sp³-hybridized carbons (Fsp3) is 0.562. The maximum Gasteiger partial charge on any atom is 0.227 e. The molecule has 3 rings (SSSR count). The van der Waals surface area contributed by atoms with Gasteiger partial charge >= 0.3 is 0 Å². The normalized spacial score (nSPS) is 15.0. The average Bonchev–Trinajstić information content (AvgIpc) is 3.00. The van der Waals surface area contributed by atoms with Crippen molar-refractivity contribution >= 4 is 5.91 Å². The van der Waals surface area contributed by atoms with Crippen LogP contribution in [0.5, 0.6) is 0 Å². The Morgan fingerprint density at radius 2 is 2.09 bits per heavy atom. The van der Waals surface area contributed by atoms with Gasteiger partial charge in [0.1, 0.15) is 11.6 Å². The van der Waals surface area contributed by atoms with E-state index in [-0.39, 0.29) is 5.91 Å². The SMILES string of the molecule is CC(C)c1nnc2n1CCN(C(=O)Cc1ccn(C)c1)CC2. The van der Waals surface area contributed by atoms with Gasteiger partial charge in [0.05, 0.1) is 6.42 Å². The fourth-order valence-corrected chi connectivity index (χ4v) is 2.97. The van der Waals surface area contributed by atoms with Crippen LogP contribution in [-0.4, -0.2) is 43.2 Å². The molecule has 6 nitrogen and oxygen atoms in total. The highest BCUT2D eigenvalue weighted by Crippen LogP contribution is 2.17. The summed E-state index contributed by atoms with van der Waals surface area (Å²) in [5, 5.41) is 8.58. The molecule has 0 aromatic carbocycles. The summed E-state index contributed by atoms with van der Waals surface area (Å²) in [5.74, 6) is 2.56. The van der Waals surface area contributed by atoms with Crippen molar-refractivity contribution in [3.63, 3.8) is 0 Å². The highest BCUT2D eigenvalue weighted by Gasteiger charge is 2.22. The zero-order valence-electron chi connectivity index (χ0n) is 13.5. The molecular weight excluding hydrogens is 278 g/mol. The average molecular weight is 301 g/mol. The second-order valence-electron chi connectivity index (χ2n) is 6.27. The van der Waals surface area contributed by atoms with Crippen molar-refractivity contribution in [3.8, 4) is 0 Å². The maximum atomic E-state index is 12.5. The molecule has 22 heavy (non-hydrogen) atoms. The number of rotatable bonds is 3. The summed E-state index contributed by atoms with van der Waals surface area (Å²) in [5.41, 5.74) is 1.07. The van der Waals surface area contributed by atoms with E-state index in [1.165, 1.54) is 0 Å². The molecule has 0 saturated heterocycles. The van der Waals surface area contributed by atoms with Crippen molar-refractivity contribution < 1.29 is 4.79 Å². The van der Waals surface area contributed by atoms with Crippen molar-refractivity contribution in [3.05, 3.63) is 35.7 Å². The van der Waals surface area contributed by atoms with Crippen LogP contribution in [0.4, 0.5) is 0 Å². The third kappa shape index (κ3) is 2.91. The molecule has 0 radical (unpaired) electrons. The molecule has 0 spiro atoms. The van der Waals surface area contributed by atoms with Crippen molar-refractivity contribution in [1.82, 2.24) is 24.2 Å². The van der Waals surface area contributed by atoms with E-state index in [0.29, 0.717) is 12.3 Å². The van der Waals surface area contributed by atoms with Gasteiger partial charge in [-0.25, -0.2) is 0 Å². The van der Waals surface area contributed by atoms with Gasteiger partial charge in [0, 0.05) is 51.4 Å². The molecule has 1 aliphatic heterocycles. The predicted molar refractivity (Wildman–Crippen MR) is 83.5 cm³/mol. The molecule has 0 aliphatic carbocycles. The second-order valence-corrected chi connectivity index (χ2v) is 6.27. The van der Waals surface area contributed by atoms with E-state index >= 15 is 0 Å². The van der Waals surface area contributed by atoms with Crippen LogP contribution in [-0.2, 0) is 31.2 Å². The first-order valence-electron chi connectivity index (χ1n) is 7.85. The number of amides is 1. The molecule has 118 valence electrons. The van der Waals surface area contributed by atoms with Gasteiger partial charge in [0.2, 0.25) is 5.91 Å². The standard InChI is InChI=1S/C16H23N5O/c1-12(2)16-18-17-14-5-7-20(8-9-21(14)16)15(22)10-13-4-6-19(3)11-13/h4,6,11-12H,5,7-10H2,1-3H3. The summed E-state index contributed by atoms with van der Waals surface area (Å²) >= 11 is 0. The van der Waals surface area contributed by atoms with Crippen LogP contribution >= 0.6 is 0 Å². The van der Waals surface area contributed by atoms with E-state index in [9.17, 15) is 4.79 Å². The zero-order chi connectivity index (χ0) is 15.7. The third-order valence-corrected chi connectivity index (χ3v) is 4.17. The van der Waals surface area contributed by atoms with Gasteiger partial charge < -0.3 is 14.0 Å². The van der Waals surface area contributed by atoms with Gasteiger partial charge in [-0.15, -0.1) is 10.2 Å². The fourth-order valence-electron chi connectivity index (χ4n) is 2.97. The first kappa shape index (κ1) is 14.8. The van der Waals surface area contributed by atoms with Gasteiger partial charge in [-0.2, -0.15) is 0 Å². The summed E-state index contributed by atoms with van der Waals surface area (Å²) in [6.45, 7) is 6.50. The Kier molecular flexibility index (Phi) is 4.00. The third-order valence-electron chi connectivity index (χ3n) is 4.17. The molecule has 0 atom stereocenters. The van der Waals surface area contributed by atoms with Gasteiger partial charge in [-0.1, -0.05) is 13.8 Å². The summed E-state index contributed by atoms with van der Waals surface area (Å²) in [6.07, 6.45) is 5.22. The van der Waals surface area contributed by atoms with Crippen LogP contribution in [0.3, 0.4) is 0 Å². The van der Waals surface area contributed by atoms with Crippen LogP contribution in [0, 0.1) is 0 Å². The first-order chi connectivity index (χ1) is 10.5. The second kappa shape index (κ2) is 5.94. The smallest absolute Gasteiger partial charge is 0.227 e. The van der Waals surface area contributed by atoms with E-state index in [1.807, 2.05) is 35.0 Å². The van der Waals surface area contributed by atoms with Crippen LogP contribution in [0.1, 0.15) is 37.0 Å². The van der Waals surface area contributed by atoms with Crippen molar-refractivity contribution in [2.24, 2.45) is 7.05 Å². The molecule has 1 aliphatic rings. The summed E-state index contributed by atoms with van der Waals surface area (Å²) in [4.78, 5) is 14.4. The molecule has 0 saturated carbocycles. The number of carbonyl (C=O) groups excluding carboxylic acids is 1. The minimum absolute atomic E-state index is 0.191. The Hall–Kier alpha value is -2.11.